The van der Waals surface area contributed by atoms with Gasteiger partial charge >= 0.3 is 0 Å². The highest BCUT2D eigenvalue weighted by Gasteiger charge is 2.39. The van der Waals surface area contributed by atoms with Crippen LogP contribution in [0.4, 0.5) is 11.6 Å². The molecule has 3 aromatic heterocycles. The van der Waals surface area contributed by atoms with Gasteiger partial charge in [0.15, 0.2) is 5.03 Å². The Morgan fingerprint density at radius 2 is 2.00 bits per heavy atom. The van der Waals surface area contributed by atoms with Crippen molar-refractivity contribution in [3.05, 3.63) is 53.7 Å². The zero-order chi connectivity index (χ0) is 28.5. The zero-order valence-electron chi connectivity index (χ0n) is 23.1. The van der Waals surface area contributed by atoms with E-state index >= 15 is 0 Å². The number of hydrogen-bond donors (Lipinski definition) is 2. The minimum Gasteiger partial charge on any atom is -0.386 e. The molecule has 4 heterocycles. The molecule has 1 saturated heterocycles. The van der Waals surface area contributed by atoms with Crippen LogP contribution in [0.3, 0.4) is 0 Å². The number of nitrogens with one attached hydrogen (secondary N) is 1. The van der Waals surface area contributed by atoms with E-state index in [1.54, 1.807) is 23.4 Å². The molecular weight excluding hydrogens is 518 g/mol. The molecule has 0 aromatic carbocycles. The van der Waals surface area contributed by atoms with Gasteiger partial charge in [-0.1, -0.05) is 13.0 Å². The van der Waals surface area contributed by atoms with Gasteiger partial charge in [0.05, 0.1) is 11.3 Å². The molecule has 1 amide bonds. The lowest BCUT2D eigenvalue weighted by molar-refractivity contribution is -0.0316. The Balaban J connectivity index is 1.74. The summed E-state index contributed by atoms with van der Waals surface area (Å²) < 4.78 is 28.0. The van der Waals surface area contributed by atoms with Crippen molar-refractivity contribution in [1.82, 2.24) is 24.7 Å². The number of carbonyl (C=O) groups is 1. The summed E-state index contributed by atoms with van der Waals surface area (Å²) in [5.74, 6) is 0.487. The first-order valence-corrected chi connectivity index (χ1v) is 14.2. The number of carbonyl (C=O) groups excluding carboxylic acids is 1. The molecule has 1 aliphatic rings. The fraction of sp³-hybridized carbons (Fsp3) is 0.407. The van der Waals surface area contributed by atoms with Crippen molar-refractivity contribution in [2.24, 2.45) is 5.92 Å². The smallest absolute Gasteiger partial charge is 0.281 e. The normalized spacial score (nSPS) is 16.9. The van der Waals surface area contributed by atoms with Gasteiger partial charge in [-0.15, -0.1) is 5.06 Å². The van der Waals surface area contributed by atoms with Crippen LogP contribution in [0.5, 0.6) is 5.88 Å². The summed E-state index contributed by atoms with van der Waals surface area (Å²) >= 11 is 0. The molecule has 3 aromatic rings. The monoisotopic (exact) mass is 553 g/mol. The molecule has 0 aliphatic carbocycles. The molecule has 4 rings (SSSR count). The maximum absolute atomic E-state index is 13.4. The zero-order valence-corrected chi connectivity index (χ0v) is 23.9. The van der Waals surface area contributed by atoms with E-state index in [2.05, 4.69) is 40.4 Å². The first kappa shape index (κ1) is 28.2. The maximum atomic E-state index is 13.4. The van der Waals surface area contributed by atoms with E-state index in [0.717, 1.165) is 17.5 Å². The van der Waals surface area contributed by atoms with Crippen molar-refractivity contribution < 1.29 is 18.0 Å². The second-order valence-electron chi connectivity index (χ2n) is 10.5. The molecule has 1 atom stereocenters. The summed E-state index contributed by atoms with van der Waals surface area (Å²) in [6.07, 6.45) is 2.56. The van der Waals surface area contributed by atoms with E-state index in [0.29, 0.717) is 36.4 Å². The molecule has 1 fully saturated rings. The molecule has 208 valence electrons. The average molecular weight is 554 g/mol. The molecule has 11 nitrogen and oxygen atoms in total. The van der Waals surface area contributed by atoms with Gasteiger partial charge < -0.3 is 15.5 Å². The highest BCUT2D eigenvalue weighted by molar-refractivity contribution is 7.90. The first-order valence-electron chi connectivity index (χ1n) is 12.7. The number of aromatic nitrogens is 3. The quantitative estimate of drug-likeness (QED) is 0.398. The van der Waals surface area contributed by atoms with Crippen LogP contribution >= 0.6 is 0 Å². The van der Waals surface area contributed by atoms with Crippen LogP contribution in [-0.4, -0.2) is 60.0 Å². The second-order valence-corrected chi connectivity index (χ2v) is 12.1. The molecule has 0 spiro atoms. The van der Waals surface area contributed by atoms with Crippen LogP contribution in [-0.2, 0) is 10.0 Å². The number of nitrogens with two attached hydrogens (primary N) is 1. The number of pyridine rings is 3. The number of rotatable bonds is 8. The van der Waals surface area contributed by atoms with Gasteiger partial charge in [-0.25, -0.2) is 19.7 Å². The van der Waals surface area contributed by atoms with Gasteiger partial charge in [-0.3, -0.25) is 4.79 Å². The molecule has 3 N–H and O–H groups in total. The fourth-order valence-corrected chi connectivity index (χ4v) is 5.71. The Kier molecular flexibility index (Phi) is 7.80. The summed E-state index contributed by atoms with van der Waals surface area (Å²) in [5, 5.41) is 1.35. The topological polar surface area (TPSA) is 144 Å². The van der Waals surface area contributed by atoms with Gasteiger partial charge in [0.2, 0.25) is 5.88 Å². The Morgan fingerprint density at radius 3 is 2.62 bits per heavy atom. The molecule has 39 heavy (non-hydrogen) atoms. The summed E-state index contributed by atoms with van der Waals surface area (Å²) in [5.41, 5.74) is 7.66. The van der Waals surface area contributed by atoms with Gasteiger partial charge in [0.25, 0.3) is 15.9 Å². The Bertz CT molecular complexity index is 1490. The first-order chi connectivity index (χ1) is 18.3. The minimum atomic E-state index is -4.26. The van der Waals surface area contributed by atoms with Crippen molar-refractivity contribution in [1.29, 1.82) is 0 Å². The van der Waals surface area contributed by atoms with Gasteiger partial charge in [-0.2, -0.15) is 8.42 Å². The number of sulfonamides is 1. The summed E-state index contributed by atoms with van der Waals surface area (Å²) in [7, 11) is -2.43. The Hall–Kier alpha value is -3.77. The third-order valence-corrected chi connectivity index (χ3v) is 7.94. The van der Waals surface area contributed by atoms with Crippen LogP contribution in [0.25, 0.3) is 11.3 Å². The second kappa shape index (κ2) is 10.8. The van der Waals surface area contributed by atoms with E-state index in [1.165, 1.54) is 18.2 Å². The van der Waals surface area contributed by atoms with Crippen LogP contribution < -0.4 is 20.2 Å². The molecule has 0 bridgehead atoms. The van der Waals surface area contributed by atoms with Crippen molar-refractivity contribution >= 4 is 27.6 Å². The van der Waals surface area contributed by atoms with Crippen molar-refractivity contribution in [3.8, 4) is 17.1 Å². The summed E-state index contributed by atoms with van der Waals surface area (Å²) in [4.78, 5) is 34.4. The molecular formula is C27H35N7O4S. The lowest BCUT2D eigenvalue weighted by atomic mass is 9.97. The molecule has 0 radical (unpaired) electrons. The maximum Gasteiger partial charge on any atom is 0.281 e. The predicted molar refractivity (Wildman–Crippen MR) is 150 cm³/mol. The predicted octanol–water partition coefficient (Wildman–Crippen LogP) is 3.42. The lowest BCUT2D eigenvalue weighted by Crippen LogP contribution is -2.41. The highest BCUT2D eigenvalue weighted by Crippen LogP contribution is 2.38. The van der Waals surface area contributed by atoms with Crippen LogP contribution in [0, 0.1) is 12.8 Å². The van der Waals surface area contributed by atoms with Crippen LogP contribution in [0.15, 0.2) is 47.6 Å². The number of nitrogen functional groups attached to an aromatic ring is 1. The van der Waals surface area contributed by atoms with Crippen molar-refractivity contribution in [2.45, 2.75) is 51.6 Å². The van der Waals surface area contributed by atoms with Gasteiger partial charge in [0.1, 0.15) is 11.6 Å². The summed E-state index contributed by atoms with van der Waals surface area (Å²) in [6.45, 7) is 11.6. The number of anilines is 2. The van der Waals surface area contributed by atoms with E-state index in [1.807, 2.05) is 27.0 Å². The number of hydroxylamine groups is 2. The third-order valence-electron chi connectivity index (χ3n) is 6.71. The Morgan fingerprint density at radius 1 is 1.26 bits per heavy atom. The molecule has 0 unspecified atom stereocenters. The van der Waals surface area contributed by atoms with E-state index < -0.39 is 15.9 Å². The minimum absolute atomic E-state index is 0.0338. The van der Waals surface area contributed by atoms with Crippen molar-refractivity contribution in [2.75, 3.05) is 30.8 Å². The number of hydrogen-bond acceptors (Lipinski definition) is 10. The van der Waals surface area contributed by atoms with E-state index in [4.69, 9.17) is 15.6 Å². The number of nitrogens with zero attached hydrogens (tertiary/aromatic N) is 5. The van der Waals surface area contributed by atoms with Gasteiger partial charge in [0, 0.05) is 43.0 Å². The van der Waals surface area contributed by atoms with Gasteiger partial charge in [-0.05, 0) is 70.4 Å². The SMILES string of the molecule is CCN(C)Oc1ncc(-c2ccc(C(=O)NS(=O)(=O)c3cccc(N)n3)c(N3C[C@@H](C)CC3(C)C)n2)cc1C. The molecule has 1 aliphatic heterocycles. The number of amides is 1. The van der Waals surface area contributed by atoms with Crippen LogP contribution in [0.1, 0.15) is 50.0 Å². The molecule has 12 heteroatoms. The number of aryl methyl sites for hydroxylation is 1. The lowest BCUT2D eigenvalue weighted by Gasteiger charge is -2.34. The largest absolute Gasteiger partial charge is 0.386 e. The van der Waals surface area contributed by atoms with E-state index in [9.17, 15) is 13.2 Å². The fourth-order valence-electron chi connectivity index (χ4n) is 4.77. The van der Waals surface area contributed by atoms with Crippen LogP contribution in [0.2, 0.25) is 0 Å². The average Bonchev–Trinajstić information content (AvgIpc) is 3.15. The standard InChI is InChI=1S/C27H35N7O4S/c1-7-33(6)38-26-18(3)13-19(15-29-26)21-12-11-20(24(30-21)34-16-17(2)14-27(34,4)5)25(35)32-39(36,37)23-10-8-9-22(28)31-23/h8-13,15,17H,7,14,16H2,1-6H3,(H2,28,31)(H,32,35)/t17-/m0/s1. The Labute approximate surface area is 229 Å². The summed E-state index contributed by atoms with van der Waals surface area (Å²) in [6, 6.07) is 9.41. The van der Waals surface area contributed by atoms with E-state index in [-0.39, 0.29) is 21.9 Å². The van der Waals surface area contributed by atoms with Crippen molar-refractivity contribution in [3.63, 3.8) is 0 Å². The third kappa shape index (κ3) is 6.12. The highest BCUT2D eigenvalue weighted by atomic mass is 32.2. The molecule has 0 saturated carbocycles.